The standard InChI is InChI=1S/C18H20Cl3N3O2/c1-17(2,3)24-15(25)14(26-4)12-10-22-16(18(19,20)21)23-13(12)11-8-6-5-7-9-11/h5-10,14H,1-4H3,(H,24,25). The van der Waals surface area contributed by atoms with Crippen LogP contribution in [0.3, 0.4) is 0 Å². The van der Waals surface area contributed by atoms with Crippen molar-refractivity contribution in [2.45, 2.75) is 36.2 Å². The summed E-state index contributed by atoms with van der Waals surface area (Å²) in [4.78, 5) is 21.2. The van der Waals surface area contributed by atoms with E-state index in [1.165, 1.54) is 13.3 Å². The molecule has 0 aliphatic rings. The van der Waals surface area contributed by atoms with Crippen LogP contribution in [0.25, 0.3) is 11.3 Å². The molecule has 0 saturated carbocycles. The summed E-state index contributed by atoms with van der Waals surface area (Å²) in [7, 11) is 1.45. The fourth-order valence-corrected chi connectivity index (χ4v) is 2.63. The minimum atomic E-state index is -1.78. The molecule has 0 aliphatic heterocycles. The van der Waals surface area contributed by atoms with Crippen molar-refractivity contribution in [1.29, 1.82) is 0 Å². The predicted octanol–water partition coefficient (Wildman–Crippen LogP) is 4.57. The first-order chi connectivity index (χ1) is 12.0. The molecule has 2 aromatic rings. The molecular formula is C18H20Cl3N3O2. The maximum absolute atomic E-state index is 12.7. The number of aromatic nitrogens is 2. The third-order valence-corrected chi connectivity index (χ3v) is 3.88. The number of ether oxygens (including phenoxy) is 1. The van der Waals surface area contributed by atoms with Gasteiger partial charge >= 0.3 is 0 Å². The number of carbonyl (C=O) groups excluding carboxylic acids is 1. The van der Waals surface area contributed by atoms with Gasteiger partial charge in [0.05, 0.1) is 5.69 Å². The smallest absolute Gasteiger partial charge is 0.254 e. The van der Waals surface area contributed by atoms with Crippen LogP contribution in [0.1, 0.15) is 38.3 Å². The number of nitrogens with one attached hydrogen (secondary N) is 1. The van der Waals surface area contributed by atoms with Crippen LogP contribution in [0.4, 0.5) is 0 Å². The summed E-state index contributed by atoms with van der Waals surface area (Å²) in [5.41, 5.74) is 1.29. The van der Waals surface area contributed by atoms with Gasteiger partial charge in [0.1, 0.15) is 0 Å². The summed E-state index contributed by atoms with van der Waals surface area (Å²) in [6.07, 6.45) is 0.553. The Morgan fingerprint density at radius 3 is 2.27 bits per heavy atom. The molecule has 1 heterocycles. The lowest BCUT2D eigenvalue weighted by Crippen LogP contribution is -2.43. The average molecular weight is 417 g/mol. The number of hydrogen-bond acceptors (Lipinski definition) is 4. The van der Waals surface area contributed by atoms with Crippen LogP contribution in [0.15, 0.2) is 36.5 Å². The van der Waals surface area contributed by atoms with Crippen LogP contribution >= 0.6 is 34.8 Å². The molecule has 0 spiro atoms. The molecule has 26 heavy (non-hydrogen) atoms. The van der Waals surface area contributed by atoms with E-state index < -0.39 is 15.4 Å². The zero-order valence-electron chi connectivity index (χ0n) is 14.9. The van der Waals surface area contributed by atoms with Crippen molar-refractivity contribution in [2.75, 3.05) is 7.11 Å². The van der Waals surface area contributed by atoms with Crippen LogP contribution in [0.2, 0.25) is 0 Å². The van der Waals surface area contributed by atoms with Gasteiger partial charge < -0.3 is 10.1 Å². The molecular weight excluding hydrogens is 397 g/mol. The minimum absolute atomic E-state index is 0.0242. The van der Waals surface area contributed by atoms with E-state index in [9.17, 15) is 4.79 Å². The summed E-state index contributed by atoms with van der Waals surface area (Å²) < 4.78 is 3.66. The number of halogens is 3. The number of alkyl halides is 3. The molecule has 0 bridgehead atoms. The van der Waals surface area contributed by atoms with Gasteiger partial charge in [0.15, 0.2) is 11.9 Å². The van der Waals surface area contributed by atoms with E-state index in [1.54, 1.807) is 0 Å². The van der Waals surface area contributed by atoms with Crippen LogP contribution in [0.5, 0.6) is 0 Å². The number of carbonyl (C=O) groups is 1. The minimum Gasteiger partial charge on any atom is -0.367 e. The molecule has 140 valence electrons. The van der Waals surface area contributed by atoms with Gasteiger partial charge in [-0.3, -0.25) is 4.79 Å². The van der Waals surface area contributed by atoms with E-state index in [2.05, 4.69) is 15.3 Å². The first kappa shape index (κ1) is 20.9. The van der Waals surface area contributed by atoms with Crippen LogP contribution in [0, 0.1) is 0 Å². The topological polar surface area (TPSA) is 64.1 Å². The highest BCUT2D eigenvalue weighted by Gasteiger charge is 2.32. The van der Waals surface area contributed by atoms with Crippen molar-refractivity contribution in [1.82, 2.24) is 15.3 Å². The van der Waals surface area contributed by atoms with Crippen LogP contribution in [-0.2, 0) is 13.3 Å². The number of benzene rings is 1. The second kappa shape index (κ2) is 8.09. The SMILES string of the molecule is COC(C(=O)NC(C)(C)C)c1cnc(C(Cl)(Cl)Cl)nc1-c1ccccc1. The number of rotatable bonds is 4. The van der Waals surface area contributed by atoms with E-state index >= 15 is 0 Å². The first-order valence-corrected chi connectivity index (χ1v) is 9.00. The van der Waals surface area contributed by atoms with Gasteiger partial charge in [-0.05, 0) is 20.8 Å². The molecule has 1 N–H and O–H groups in total. The lowest BCUT2D eigenvalue weighted by atomic mass is 10.0. The van der Waals surface area contributed by atoms with Gasteiger partial charge in [0.25, 0.3) is 5.91 Å². The number of amides is 1. The Labute approximate surface area is 168 Å². The largest absolute Gasteiger partial charge is 0.367 e. The van der Waals surface area contributed by atoms with Gasteiger partial charge in [-0.1, -0.05) is 65.1 Å². The maximum Gasteiger partial charge on any atom is 0.254 e. The Hall–Kier alpha value is -1.40. The molecule has 1 amide bonds. The molecule has 0 saturated heterocycles. The Morgan fingerprint density at radius 2 is 1.77 bits per heavy atom. The van der Waals surface area contributed by atoms with E-state index in [0.29, 0.717) is 11.3 Å². The molecule has 8 heteroatoms. The van der Waals surface area contributed by atoms with Crippen molar-refractivity contribution in [3.63, 3.8) is 0 Å². The first-order valence-electron chi connectivity index (χ1n) is 7.87. The molecule has 5 nitrogen and oxygen atoms in total. The predicted molar refractivity (Wildman–Crippen MR) is 104 cm³/mol. The highest BCUT2D eigenvalue weighted by Crippen LogP contribution is 2.38. The third kappa shape index (κ3) is 5.30. The molecule has 0 radical (unpaired) electrons. The van der Waals surface area contributed by atoms with Crippen molar-refractivity contribution in [2.24, 2.45) is 0 Å². The normalized spacial score (nSPS) is 13.3. The molecule has 1 aromatic heterocycles. The molecule has 1 unspecified atom stereocenters. The second-order valence-corrected chi connectivity index (χ2v) is 9.00. The zero-order valence-corrected chi connectivity index (χ0v) is 17.2. The zero-order chi connectivity index (χ0) is 19.5. The van der Waals surface area contributed by atoms with E-state index in [-0.39, 0.29) is 11.7 Å². The van der Waals surface area contributed by atoms with Gasteiger partial charge in [-0.2, -0.15) is 0 Å². The van der Waals surface area contributed by atoms with Crippen molar-refractivity contribution < 1.29 is 9.53 Å². The van der Waals surface area contributed by atoms with Gasteiger partial charge in [-0.15, -0.1) is 0 Å². The molecule has 2 rings (SSSR count). The third-order valence-electron chi connectivity index (χ3n) is 3.37. The van der Waals surface area contributed by atoms with Crippen molar-refractivity contribution in [3.05, 3.63) is 47.9 Å². The Balaban J connectivity index is 2.58. The van der Waals surface area contributed by atoms with Gasteiger partial charge in [0.2, 0.25) is 3.79 Å². The van der Waals surface area contributed by atoms with Crippen molar-refractivity contribution >= 4 is 40.7 Å². The molecule has 1 atom stereocenters. The Morgan fingerprint density at radius 1 is 1.15 bits per heavy atom. The van der Waals surface area contributed by atoms with E-state index in [0.717, 1.165) is 5.56 Å². The summed E-state index contributed by atoms with van der Waals surface area (Å²) in [6.45, 7) is 5.66. The highest BCUT2D eigenvalue weighted by atomic mass is 35.6. The maximum atomic E-state index is 12.7. The summed E-state index contributed by atoms with van der Waals surface area (Å²) in [5, 5.41) is 2.89. The molecule has 1 aromatic carbocycles. The van der Waals surface area contributed by atoms with E-state index in [4.69, 9.17) is 39.5 Å². The Kier molecular flexibility index (Phi) is 6.51. The van der Waals surface area contributed by atoms with Gasteiger partial charge in [-0.25, -0.2) is 9.97 Å². The number of hydrogen-bond donors (Lipinski definition) is 1. The summed E-state index contributed by atoms with van der Waals surface area (Å²) >= 11 is 17.8. The van der Waals surface area contributed by atoms with Crippen molar-refractivity contribution in [3.8, 4) is 11.3 Å². The quantitative estimate of drug-likeness (QED) is 0.741. The monoisotopic (exact) mass is 415 g/mol. The summed E-state index contributed by atoms with van der Waals surface area (Å²) in [5.74, 6) is -0.279. The second-order valence-electron chi connectivity index (χ2n) is 6.72. The molecule has 0 fully saturated rings. The fraction of sp³-hybridized carbons (Fsp3) is 0.389. The van der Waals surface area contributed by atoms with Gasteiger partial charge in [0, 0.05) is 30.0 Å². The van der Waals surface area contributed by atoms with Crippen LogP contribution < -0.4 is 5.32 Å². The molecule has 0 aliphatic carbocycles. The van der Waals surface area contributed by atoms with E-state index in [1.807, 2.05) is 51.1 Å². The number of methoxy groups -OCH3 is 1. The van der Waals surface area contributed by atoms with Crippen LogP contribution in [-0.4, -0.2) is 28.5 Å². The summed E-state index contributed by atoms with van der Waals surface area (Å²) in [6, 6.07) is 9.28. The Bertz CT molecular complexity index is 771. The fourth-order valence-electron chi connectivity index (χ4n) is 2.36. The lowest BCUT2D eigenvalue weighted by molar-refractivity contribution is -0.132. The average Bonchev–Trinajstić information content (AvgIpc) is 2.54. The highest BCUT2D eigenvalue weighted by molar-refractivity contribution is 6.66. The number of nitrogens with zero attached hydrogens (tertiary/aromatic N) is 2. The lowest BCUT2D eigenvalue weighted by Gasteiger charge is -2.25.